The van der Waals surface area contributed by atoms with Gasteiger partial charge in [-0.05, 0) is 66.3 Å². The van der Waals surface area contributed by atoms with Crippen LogP contribution in [0, 0.1) is 6.42 Å². The van der Waals surface area contributed by atoms with Crippen LogP contribution in [-0.2, 0) is 0 Å². The van der Waals surface area contributed by atoms with Gasteiger partial charge in [-0.1, -0.05) is 59.1 Å². The Labute approximate surface area is 157 Å². The molecule has 0 unspecified atom stereocenters. The molecule has 24 heavy (non-hydrogen) atoms. The monoisotopic (exact) mass is 377 g/mol. The van der Waals surface area contributed by atoms with Gasteiger partial charge in [-0.25, -0.2) is 0 Å². The summed E-state index contributed by atoms with van der Waals surface area (Å²) in [7, 11) is 0. The lowest BCUT2D eigenvalue weighted by Gasteiger charge is -2.21. The van der Waals surface area contributed by atoms with Crippen molar-refractivity contribution in [1.82, 2.24) is 0 Å². The third-order valence-corrected chi connectivity index (χ3v) is 5.00. The number of benzene rings is 2. The topological polar surface area (TPSA) is 9.23 Å². The number of ether oxygens (including phenoxy) is 1. The second-order valence-electron chi connectivity index (χ2n) is 5.40. The van der Waals surface area contributed by atoms with Gasteiger partial charge in [0.1, 0.15) is 5.75 Å². The standard InChI is InChI=1S/C20H16Cl3O/c1-2-24-16-8-6-13(7-9-16)17-10-11-18(20(23)19(17)22)14-4-3-5-15(21)12-14/h3-9,11-12H,2,10H2,1H3. The summed E-state index contributed by atoms with van der Waals surface area (Å²) < 4.78 is 5.48. The largest absolute Gasteiger partial charge is 0.494 e. The van der Waals surface area contributed by atoms with Gasteiger partial charge in [0, 0.05) is 5.02 Å². The molecule has 0 bridgehead atoms. The van der Waals surface area contributed by atoms with Crippen molar-refractivity contribution < 1.29 is 4.74 Å². The highest BCUT2D eigenvalue weighted by atomic mass is 35.5. The lowest BCUT2D eigenvalue weighted by Crippen LogP contribution is -2.01. The van der Waals surface area contributed by atoms with Crippen molar-refractivity contribution in [1.29, 1.82) is 0 Å². The van der Waals surface area contributed by atoms with Gasteiger partial charge in [0.15, 0.2) is 0 Å². The zero-order valence-corrected chi connectivity index (χ0v) is 15.4. The van der Waals surface area contributed by atoms with Crippen LogP contribution in [0.1, 0.15) is 24.5 Å². The molecule has 0 saturated carbocycles. The summed E-state index contributed by atoms with van der Waals surface area (Å²) in [5.41, 5.74) is 3.94. The van der Waals surface area contributed by atoms with E-state index in [2.05, 4.69) is 6.42 Å². The molecule has 0 aromatic heterocycles. The van der Waals surface area contributed by atoms with Crippen LogP contribution in [0.2, 0.25) is 5.02 Å². The van der Waals surface area contributed by atoms with E-state index in [0.717, 1.165) is 28.0 Å². The number of allylic oxidation sites excluding steroid dienone is 4. The third kappa shape index (κ3) is 3.64. The Morgan fingerprint density at radius 2 is 1.67 bits per heavy atom. The van der Waals surface area contributed by atoms with E-state index >= 15 is 0 Å². The van der Waals surface area contributed by atoms with Crippen LogP contribution < -0.4 is 4.74 Å². The molecular formula is C20H16Cl3O. The molecule has 123 valence electrons. The van der Waals surface area contributed by atoms with Crippen LogP contribution >= 0.6 is 34.8 Å². The summed E-state index contributed by atoms with van der Waals surface area (Å²) in [5.74, 6) is 0.846. The van der Waals surface area contributed by atoms with Crippen molar-refractivity contribution in [3.63, 3.8) is 0 Å². The van der Waals surface area contributed by atoms with Gasteiger partial charge in [0.25, 0.3) is 0 Å². The first-order valence-corrected chi connectivity index (χ1v) is 8.84. The Morgan fingerprint density at radius 1 is 0.917 bits per heavy atom. The zero-order valence-electron chi connectivity index (χ0n) is 13.2. The molecule has 1 radical (unpaired) electrons. The number of rotatable bonds is 4. The average Bonchev–Trinajstić information content (AvgIpc) is 2.58. The van der Waals surface area contributed by atoms with Crippen LogP contribution in [0.15, 0.2) is 58.6 Å². The second kappa shape index (κ2) is 7.65. The van der Waals surface area contributed by atoms with E-state index in [1.807, 2.05) is 55.5 Å². The van der Waals surface area contributed by atoms with Crippen molar-refractivity contribution >= 4 is 45.9 Å². The van der Waals surface area contributed by atoms with Crippen molar-refractivity contribution in [2.24, 2.45) is 0 Å². The SMILES string of the molecule is CCOc1ccc(C2=C(Cl)C(Cl)=C(c3cccc(Cl)c3)[CH]C2)cc1. The van der Waals surface area contributed by atoms with E-state index in [4.69, 9.17) is 39.5 Å². The first kappa shape index (κ1) is 17.4. The smallest absolute Gasteiger partial charge is 0.119 e. The molecule has 0 amide bonds. The third-order valence-electron chi connectivity index (χ3n) is 3.85. The van der Waals surface area contributed by atoms with Gasteiger partial charge < -0.3 is 4.74 Å². The van der Waals surface area contributed by atoms with Crippen molar-refractivity contribution in [2.45, 2.75) is 13.3 Å². The molecule has 3 rings (SSSR count). The summed E-state index contributed by atoms with van der Waals surface area (Å²) in [4.78, 5) is 0. The van der Waals surface area contributed by atoms with E-state index in [1.54, 1.807) is 0 Å². The summed E-state index contributed by atoms with van der Waals surface area (Å²) in [6, 6.07) is 15.5. The molecule has 2 aromatic carbocycles. The summed E-state index contributed by atoms with van der Waals surface area (Å²) in [5, 5.41) is 1.81. The summed E-state index contributed by atoms with van der Waals surface area (Å²) in [6.45, 7) is 2.61. The molecule has 2 aromatic rings. The Balaban J connectivity index is 1.96. The van der Waals surface area contributed by atoms with E-state index in [1.165, 1.54) is 0 Å². The molecule has 1 aliphatic carbocycles. The molecule has 0 aliphatic heterocycles. The molecule has 0 saturated heterocycles. The highest BCUT2D eigenvalue weighted by molar-refractivity contribution is 6.48. The van der Waals surface area contributed by atoms with E-state index in [0.29, 0.717) is 28.1 Å². The fourth-order valence-corrected chi connectivity index (χ4v) is 3.48. The Bertz CT molecular complexity index is 804. The number of hydrogen-bond donors (Lipinski definition) is 0. The fourth-order valence-electron chi connectivity index (χ4n) is 2.70. The van der Waals surface area contributed by atoms with Crippen LogP contribution in [0.5, 0.6) is 5.75 Å². The average molecular weight is 379 g/mol. The minimum atomic E-state index is 0.550. The summed E-state index contributed by atoms with van der Waals surface area (Å²) >= 11 is 19.2. The Kier molecular flexibility index (Phi) is 5.55. The maximum Gasteiger partial charge on any atom is 0.119 e. The van der Waals surface area contributed by atoms with Crippen molar-refractivity contribution in [3.8, 4) is 5.75 Å². The van der Waals surface area contributed by atoms with Gasteiger partial charge >= 0.3 is 0 Å². The summed E-state index contributed by atoms with van der Waals surface area (Å²) in [6.07, 6.45) is 2.80. The predicted octanol–water partition coefficient (Wildman–Crippen LogP) is 6.95. The van der Waals surface area contributed by atoms with Gasteiger partial charge in [-0.3, -0.25) is 0 Å². The lowest BCUT2D eigenvalue weighted by molar-refractivity contribution is 0.340. The van der Waals surface area contributed by atoms with Gasteiger partial charge in [-0.2, -0.15) is 0 Å². The van der Waals surface area contributed by atoms with Gasteiger partial charge in [-0.15, -0.1) is 0 Å². The minimum Gasteiger partial charge on any atom is -0.494 e. The zero-order chi connectivity index (χ0) is 17.1. The van der Waals surface area contributed by atoms with Crippen molar-refractivity contribution in [2.75, 3.05) is 6.61 Å². The molecule has 1 nitrogen and oxygen atoms in total. The molecular weight excluding hydrogens is 363 g/mol. The predicted molar refractivity (Wildman–Crippen MR) is 104 cm³/mol. The maximum absolute atomic E-state index is 6.56. The van der Waals surface area contributed by atoms with Crippen LogP contribution in [-0.4, -0.2) is 6.61 Å². The highest BCUT2D eigenvalue weighted by Crippen LogP contribution is 2.43. The van der Waals surface area contributed by atoms with Crippen LogP contribution in [0.25, 0.3) is 11.1 Å². The first-order valence-electron chi connectivity index (χ1n) is 7.71. The Morgan fingerprint density at radius 3 is 2.33 bits per heavy atom. The fraction of sp³-hybridized carbons (Fsp3) is 0.150. The molecule has 0 heterocycles. The van der Waals surface area contributed by atoms with E-state index in [9.17, 15) is 0 Å². The number of halogens is 3. The molecule has 0 spiro atoms. The molecule has 0 fully saturated rings. The Hall–Kier alpha value is -1.41. The van der Waals surface area contributed by atoms with Gasteiger partial charge in [0.2, 0.25) is 0 Å². The molecule has 1 aliphatic rings. The van der Waals surface area contributed by atoms with Crippen molar-refractivity contribution in [3.05, 3.63) is 81.2 Å². The molecule has 0 atom stereocenters. The minimum absolute atomic E-state index is 0.550. The first-order chi connectivity index (χ1) is 11.6. The second-order valence-corrected chi connectivity index (χ2v) is 6.59. The van der Waals surface area contributed by atoms with Crippen LogP contribution in [0.3, 0.4) is 0 Å². The van der Waals surface area contributed by atoms with E-state index < -0.39 is 0 Å². The maximum atomic E-state index is 6.56. The highest BCUT2D eigenvalue weighted by Gasteiger charge is 2.21. The quantitative estimate of drug-likeness (QED) is 0.559. The lowest BCUT2D eigenvalue weighted by atomic mass is 9.89. The van der Waals surface area contributed by atoms with Crippen LogP contribution in [0.4, 0.5) is 0 Å². The normalized spacial score (nSPS) is 15.0. The van der Waals surface area contributed by atoms with E-state index in [-0.39, 0.29) is 0 Å². The van der Waals surface area contributed by atoms with Gasteiger partial charge in [0.05, 0.1) is 16.7 Å². The molecule has 4 heteroatoms. The molecule has 0 N–H and O–H groups in total. The number of hydrogen-bond acceptors (Lipinski definition) is 1.